The number of nitrogens with zero attached hydrogens (tertiary/aromatic N) is 3. The Kier molecular flexibility index (Phi) is 4.34. The molecule has 4 N–H and O–H groups in total. The number of fused-ring (bicyclic) bond motifs is 1. The predicted molar refractivity (Wildman–Crippen MR) is 90.2 cm³/mol. The molecule has 0 aliphatic heterocycles. The summed E-state index contributed by atoms with van der Waals surface area (Å²) in [5, 5.41) is 20.1. The van der Waals surface area contributed by atoms with Crippen molar-refractivity contribution in [2.24, 2.45) is 0 Å². The van der Waals surface area contributed by atoms with Crippen LogP contribution in [0.5, 0.6) is 0 Å². The summed E-state index contributed by atoms with van der Waals surface area (Å²) in [5.74, 6) is -1.11. The van der Waals surface area contributed by atoms with Crippen molar-refractivity contribution in [3.05, 3.63) is 48.2 Å². The minimum absolute atomic E-state index is 0.135. The zero-order chi connectivity index (χ0) is 17.1. The third-order valence-electron chi connectivity index (χ3n) is 3.14. The summed E-state index contributed by atoms with van der Waals surface area (Å²) in [7, 11) is 0. The van der Waals surface area contributed by atoms with Gasteiger partial charge in [-0.1, -0.05) is 11.8 Å². The molecule has 0 aliphatic rings. The maximum atomic E-state index is 12.0. The molecule has 0 atom stereocenters. The SMILES string of the molecule is Nc1ccc2nnc(SCC(=O)Nc3ccc(C(=O)O)cc3)n2c1. The number of thioether (sulfide) groups is 1. The summed E-state index contributed by atoms with van der Waals surface area (Å²) in [4.78, 5) is 22.8. The molecule has 3 rings (SSSR count). The van der Waals surface area contributed by atoms with Crippen LogP contribution in [0.1, 0.15) is 10.4 Å². The minimum atomic E-state index is -1.01. The number of hydrogen-bond donors (Lipinski definition) is 3. The van der Waals surface area contributed by atoms with Crippen LogP contribution in [0, 0.1) is 0 Å². The van der Waals surface area contributed by atoms with Gasteiger partial charge < -0.3 is 16.2 Å². The zero-order valence-corrected chi connectivity index (χ0v) is 13.2. The van der Waals surface area contributed by atoms with Crippen LogP contribution in [0.25, 0.3) is 5.65 Å². The minimum Gasteiger partial charge on any atom is -0.478 e. The van der Waals surface area contributed by atoms with Gasteiger partial charge in [-0.2, -0.15) is 0 Å². The zero-order valence-electron chi connectivity index (χ0n) is 12.3. The number of aromatic nitrogens is 3. The van der Waals surface area contributed by atoms with E-state index >= 15 is 0 Å². The Morgan fingerprint density at radius 2 is 1.92 bits per heavy atom. The molecule has 0 saturated carbocycles. The first kappa shape index (κ1) is 15.8. The largest absolute Gasteiger partial charge is 0.478 e. The van der Waals surface area contributed by atoms with Crippen LogP contribution in [-0.4, -0.2) is 37.3 Å². The van der Waals surface area contributed by atoms with Crippen LogP contribution < -0.4 is 11.1 Å². The van der Waals surface area contributed by atoms with E-state index in [2.05, 4.69) is 15.5 Å². The fourth-order valence-electron chi connectivity index (χ4n) is 2.01. The van der Waals surface area contributed by atoms with E-state index in [0.717, 1.165) is 0 Å². The number of amides is 1. The van der Waals surface area contributed by atoms with Gasteiger partial charge in [-0.25, -0.2) is 4.79 Å². The van der Waals surface area contributed by atoms with Gasteiger partial charge in [-0.15, -0.1) is 10.2 Å². The van der Waals surface area contributed by atoms with Crippen LogP contribution >= 0.6 is 11.8 Å². The van der Waals surface area contributed by atoms with E-state index in [-0.39, 0.29) is 17.2 Å². The topological polar surface area (TPSA) is 123 Å². The molecular weight excluding hydrogens is 330 g/mol. The lowest BCUT2D eigenvalue weighted by Gasteiger charge is -2.05. The Morgan fingerprint density at radius 1 is 1.17 bits per heavy atom. The van der Waals surface area contributed by atoms with E-state index in [1.54, 1.807) is 34.9 Å². The summed E-state index contributed by atoms with van der Waals surface area (Å²) in [5.41, 5.74) is 7.65. The number of carbonyl (C=O) groups excluding carboxylic acids is 1. The van der Waals surface area contributed by atoms with Crippen molar-refractivity contribution in [1.29, 1.82) is 0 Å². The molecule has 1 amide bonds. The van der Waals surface area contributed by atoms with Crippen molar-refractivity contribution in [2.45, 2.75) is 5.16 Å². The van der Waals surface area contributed by atoms with Gasteiger partial charge in [0.15, 0.2) is 10.8 Å². The molecule has 0 aliphatic carbocycles. The maximum Gasteiger partial charge on any atom is 0.335 e. The molecule has 3 aromatic rings. The molecule has 0 fully saturated rings. The second kappa shape index (κ2) is 6.59. The molecule has 122 valence electrons. The number of benzene rings is 1. The first-order chi connectivity index (χ1) is 11.5. The number of hydrogen-bond acceptors (Lipinski definition) is 6. The first-order valence-corrected chi connectivity index (χ1v) is 7.88. The van der Waals surface area contributed by atoms with Gasteiger partial charge in [0.1, 0.15) is 0 Å². The average Bonchev–Trinajstić information content (AvgIpc) is 2.95. The predicted octanol–water partition coefficient (Wildman–Crippen LogP) is 1.74. The van der Waals surface area contributed by atoms with Gasteiger partial charge in [-0.05, 0) is 36.4 Å². The molecule has 2 heterocycles. The number of nitrogens with one attached hydrogen (secondary N) is 1. The molecule has 0 bridgehead atoms. The van der Waals surface area contributed by atoms with Crippen molar-refractivity contribution in [3.63, 3.8) is 0 Å². The highest BCUT2D eigenvalue weighted by molar-refractivity contribution is 7.99. The molecular formula is C15H13N5O3S. The number of rotatable bonds is 5. The molecule has 0 unspecified atom stereocenters. The number of carboxylic acid groups (broad SMARTS) is 1. The number of pyridine rings is 1. The lowest BCUT2D eigenvalue weighted by atomic mass is 10.2. The Hall–Kier alpha value is -3.07. The van der Waals surface area contributed by atoms with Gasteiger partial charge >= 0.3 is 5.97 Å². The van der Waals surface area contributed by atoms with E-state index in [1.807, 2.05) is 0 Å². The number of aromatic carboxylic acids is 1. The monoisotopic (exact) mass is 343 g/mol. The summed E-state index contributed by atoms with van der Waals surface area (Å²) in [6.45, 7) is 0. The van der Waals surface area contributed by atoms with Crippen molar-refractivity contribution < 1.29 is 14.7 Å². The molecule has 0 radical (unpaired) electrons. The van der Waals surface area contributed by atoms with Gasteiger partial charge in [0.25, 0.3) is 0 Å². The van der Waals surface area contributed by atoms with Crippen molar-refractivity contribution in [3.8, 4) is 0 Å². The number of carbonyl (C=O) groups is 2. The van der Waals surface area contributed by atoms with Crippen LogP contribution in [-0.2, 0) is 4.79 Å². The average molecular weight is 343 g/mol. The molecule has 2 aromatic heterocycles. The fraction of sp³-hybridized carbons (Fsp3) is 0.0667. The van der Waals surface area contributed by atoms with Crippen molar-refractivity contribution in [1.82, 2.24) is 14.6 Å². The van der Waals surface area contributed by atoms with E-state index < -0.39 is 5.97 Å². The molecule has 9 heteroatoms. The van der Waals surface area contributed by atoms with Crippen LogP contribution in [0.2, 0.25) is 0 Å². The summed E-state index contributed by atoms with van der Waals surface area (Å²) < 4.78 is 1.72. The second-order valence-electron chi connectivity index (χ2n) is 4.89. The van der Waals surface area contributed by atoms with E-state index in [9.17, 15) is 9.59 Å². The van der Waals surface area contributed by atoms with Gasteiger partial charge in [0.05, 0.1) is 11.3 Å². The standard InChI is InChI=1S/C15H13N5O3S/c16-10-3-6-12-18-19-15(20(12)7-10)24-8-13(21)17-11-4-1-9(2-5-11)14(22)23/h1-7H,8,16H2,(H,17,21)(H,22,23). The first-order valence-electron chi connectivity index (χ1n) is 6.89. The number of anilines is 2. The lowest BCUT2D eigenvalue weighted by Crippen LogP contribution is -2.14. The highest BCUT2D eigenvalue weighted by Gasteiger charge is 2.10. The van der Waals surface area contributed by atoms with Crippen LogP contribution in [0.15, 0.2) is 47.8 Å². The fourth-order valence-corrected chi connectivity index (χ4v) is 2.72. The summed E-state index contributed by atoms with van der Waals surface area (Å²) >= 11 is 1.23. The third-order valence-corrected chi connectivity index (χ3v) is 4.08. The van der Waals surface area contributed by atoms with Crippen molar-refractivity contribution >= 4 is 40.7 Å². The Bertz CT molecular complexity index is 907. The number of nitrogen functional groups attached to an aromatic ring is 1. The molecule has 0 saturated heterocycles. The van der Waals surface area contributed by atoms with Crippen LogP contribution in [0.4, 0.5) is 11.4 Å². The third kappa shape index (κ3) is 3.46. The Labute approximate surface area is 140 Å². The molecule has 1 aromatic carbocycles. The van der Waals surface area contributed by atoms with E-state index in [4.69, 9.17) is 10.8 Å². The van der Waals surface area contributed by atoms with Crippen molar-refractivity contribution in [2.75, 3.05) is 16.8 Å². The van der Waals surface area contributed by atoms with Gasteiger partial charge in [0, 0.05) is 17.6 Å². The van der Waals surface area contributed by atoms with E-state index in [0.29, 0.717) is 22.2 Å². The molecule has 24 heavy (non-hydrogen) atoms. The smallest absolute Gasteiger partial charge is 0.335 e. The maximum absolute atomic E-state index is 12.0. The normalized spacial score (nSPS) is 10.7. The highest BCUT2D eigenvalue weighted by atomic mass is 32.2. The number of carboxylic acids is 1. The Morgan fingerprint density at radius 3 is 2.62 bits per heavy atom. The molecule has 8 nitrogen and oxygen atoms in total. The number of nitrogens with two attached hydrogens (primary N) is 1. The van der Waals surface area contributed by atoms with E-state index in [1.165, 1.54) is 23.9 Å². The summed E-state index contributed by atoms with van der Waals surface area (Å²) in [6, 6.07) is 9.42. The van der Waals surface area contributed by atoms with Gasteiger partial charge in [-0.3, -0.25) is 9.20 Å². The Balaban J connectivity index is 1.62. The quantitative estimate of drug-likeness (QED) is 0.603. The second-order valence-corrected chi connectivity index (χ2v) is 5.84. The summed E-state index contributed by atoms with van der Waals surface area (Å²) in [6.07, 6.45) is 1.69. The lowest BCUT2D eigenvalue weighted by molar-refractivity contribution is -0.113. The molecule has 0 spiro atoms. The van der Waals surface area contributed by atoms with Crippen LogP contribution in [0.3, 0.4) is 0 Å². The van der Waals surface area contributed by atoms with Gasteiger partial charge in [0.2, 0.25) is 5.91 Å². The highest BCUT2D eigenvalue weighted by Crippen LogP contribution is 2.19.